The average Bonchev–Trinajstić information content (AvgIpc) is 3.29. The highest BCUT2D eigenvalue weighted by Gasteiger charge is 2.34. The van der Waals surface area contributed by atoms with Crippen molar-refractivity contribution in [1.29, 1.82) is 0 Å². The van der Waals surface area contributed by atoms with Crippen molar-refractivity contribution >= 4 is 11.6 Å². The summed E-state index contributed by atoms with van der Waals surface area (Å²) in [5.74, 6) is 1.09. The van der Waals surface area contributed by atoms with Crippen LogP contribution in [0.1, 0.15) is 18.2 Å². The Balaban J connectivity index is 1.52. The molecule has 2 heterocycles. The lowest BCUT2D eigenvalue weighted by Gasteiger charge is -2.15. The summed E-state index contributed by atoms with van der Waals surface area (Å²) in [5, 5.41) is 4.04. The molecule has 1 fully saturated rings. The number of benzene rings is 2. The maximum absolute atomic E-state index is 13.1. The number of amides is 1. The van der Waals surface area contributed by atoms with Crippen molar-refractivity contribution < 1.29 is 18.4 Å². The predicted molar refractivity (Wildman–Crippen MR) is 92.4 cm³/mol. The lowest BCUT2D eigenvalue weighted by atomic mass is 10.1. The van der Waals surface area contributed by atoms with Crippen molar-refractivity contribution in [1.82, 2.24) is 10.1 Å². The van der Waals surface area contributed by atoms with E-state index in [0.717, 1.165) is 11.3 Å². The van der Waals surface area contributed by atoms with Crippen molar-refractivity contribution in [2.45, 2.75) is 12.3 Å². The number of rotatable bonds is 4. The Morgan fingerprint density at radius 3 is 2.58 bits per heavy atom. The molecule has 1 aromatic heterocycles. The van der Waals surface area contributed by atoms with Gasteiger partial charge in [-0.25, -0.2) is 4.39 Å². The van der Waals surface area contributed by atoms with Gasteiger partial charge in [0, 0.05) is 30.1 Å². The summed E-state index contributed by atoms with van der Waals surface area (Å²) in [6.07, 6.45) is 0.291. The van der Waals surface area contributed by atoms with Crippen molar-refractivity contribution in [3.05, 3.63) is 60.2 Å². The fourth-order valence-corrected chi connectivity index (χ4v) is 3.00. The molecule has 4 rings (SSSR count). The first-order chi connectivity index (χ1) is 12.6. The molecule has 1 unspecified atom stereocenters. The van der Waals surface area contributed by atoms with Gasteiger partial charge in [0.1, 0.15) is 11.6 Å². The molecule has 0 bridgehead atoms. The second-order valence-corrected chi connectivity index (χ2v) is 6.07. The number of carbonyl (C=O) groups is 1. The monoisotopic (exact) mass is 353 g/mol. The molecular formula is C19H16FN3O3. The molecule has 132 valence electrons. The van der Waals surface area contributed by atoms with E-state index in [4.69, 9.17) is 9.26 Å². The van der Waals surface area contributed by atoms with Gasteiger partial charge in [0.05, 0.1) is 7.11 Å². The predicted octanol–water partition coefficient (Wildman–Crippen LogP) is 3.40. The molecule has 2 aromatic carbocycles. The molecule has 3 aromatic rings. The Hall–Kier alpha value is -3.22. The van der Waals surface area contributed by atoms with Gasteiger partial charge in [-0.2, -0.15) is 4.98 Å². The van der Waals surface area contributed by atoms with E-state index in [1.807, 2.05) is 24.3 Å². The number of hydrogen-bond donors (Lipinski definition) is 0. The third-order valence-corrected chi connectivity index (χ3v) is 4.41. The SMILES string of the molecule is COc1ccc(-c2nc(C3CC(=O)N(c4ccc(F)cc4)C3)no2)cc1. The molecule has 1 amide bonds. The zero-order valence-electron chi connectivity index (χ0n) is 14.1. The van der Waals surface area contributed by atoms with E-state index >= 15 is 0 Å². The summed E-state index contributed by atoms with van der Waals surface area (Å²) in [6, 6.07) is 13.2. The van der Waals surface area contributed by atoms with Crippen molar-refractivity contribution in [3.63, 3.8) is 0 Å². The Morgan fingerprint density at radius 2 is 1.88 bits per heavy atom. The van der Waals surface area contributed by atoms with Crippen LogP contribution in [0.4, 0.5) is 10.1 Å². The first-order valence-corrected chi connectivity index (χ1v) is 8.18. The van der Waals surface area contributed by atoms with Crippen LogP contribution in [-0.2, 0) is 4.79 Å². The van der Waals surface area contributed by atoms with Gasteiger partial charge in [0.25, 0.3) is 5.89 Å². The summed E-state index contributed by atoms with van der Waals surface area (Å²) in [5.41, 5.74) is 1.45. The maximum Gasteiger partial charge on any atom is 0.257 e. The van der Waals surface area contributed by atoms with Crippen LogP contribution in [0.15, 0.2) is 53.1 Å². The van der Waals surface area contributed by atoms with Gasteiger partial charge in [-0.3, -0.25) is 4.79 Å². The second kappa shape index (κ2) is 6.59. The van der Waals surface area contributed by atoms with Crippen LogP contribution in [0, 0.1) is 5.82 Å². The smallest absolute Gasteiger partial charge is 0.257 e. The summed E-state index contributed by atoms with van der Waals surface area (Å²) >= 11 is 0. The normalized spacial score (nSPS) is 16.9. The molecule has 0 saturated carbocycles. The van der Waals surface area contributed by atoms with E-state index in [-0.39, 0.29) is 17.6 Å². The number of aromatic nitrogens is 2. The first-order valence-electron chi connectivity index (χ1n) is 8.18. The molecule has 1 saturated heterocycles. The van der Waals surface area contributed by atoms with Crippen LogP contribution in [0.25, 0.3) is 11.5 Å². The summed E-state index contributed by atoms with van der Waals surface area (Å²) < 4.78 is 23.6. The van der Waals surface area contributed by atoms with E-state index < -0.39 is 0 Å². The lowest BCUT2D eigenvalue weighted by molar-refractivity contribution is -0.117. The van der Waals surface area contributed by atoms with Gasteiger partial charge in [0.2, 0.25) is 5.91 Å². The molecule has 7 heteroatoms. The third-order valence-electron chi connectivity index (χ3n) is 4.41. The van der Waals surface area contributed by atoms with E-state index in [1.165, 1.54) is 12.1 Å². The van der Waals surface area contributed by atoms with Crippen LogP contribution in [0.2, 0.25) is 0 Å². The van der Waals surface area contributed by atoms with E-state index in [1.54, 1.807) is 24.1 Å². The molecule has 1 atom stereocenters. The minimum absolute atomic E-state index is 0.0441. The Labute approximate surface area is 149 Å². The first kappa shape index (κ1) is 16.3. The lowest BCUT2D eigenvalue weighted by Crippen LogP contribution is -2.24. The van der Waals surface area contributed by atoms with Crippen LogP contribution < -0.4 is 9.64 Å². The van der Waals surface area contributed by atoms with Gasteiger partial charge in [-0.05, 0) is 48.5 Å². The Kier molecular flexibility index (Phi) is 4.12. The van der Waals surface area contributed by atoms with Gasteiger partial charge in [-0.1, -0.05) is 5.16 Å². The molecule has 6 nitrogen and oxygen atoms in total. The molecule has 26 heavy (non-hydrogen) atoms. The molecular weight excluding hydrogens is 337 g/mol. The van der Waals surface area contributed by atoms with Crippen LogP contribution in [-0.4, -0.2) is 29.7 Å². The number of ether oxygens (including phenoxy) is 1. The number of methoxy groups -OCH3 is 1. The highest BCUT2D eigenvalue weighted by atomic mass is 19.1. The largest absolute Gasteiger partial charge is 0.497 e. The maximum atomic E-state index is 13.1. The van der Waals surface area contributed by atoms with Gasteiger partial charge in [-0.15, -0.1) is 0 Å². The van der Waals surface area contributed by atoms with Gasteiger partial charge in [0.15, 0.2) is 5.82 Å². The molecule has 0 radical (unpaired) electrons. The quantitative estimate of drug-likeness (QED) is 0.719. The summed E-state index contributed by atoms with van der Waals surface area (Å²) in [7, 11) is 1.60. The topological polar surface area (TPSA) is 68.5 Å². The highest BCUT2D eigenvalue weighted by molar-refractivity contribution is 5.96. The van der Waals surface area contributed by atoms with E-state index in [9.17, 15) is 9.18 Å². The second-order valence-electron chi connectivity index (χ2n) is 6.07. The fourth-order valence-electron chi connectivity index (χ4n) is 3.00. The number of halogens is 1. The highest BCUT2D eigenvalue weighted by Crippen LogP contribution is 2.31. The zero-order valence-corrected chi connectivity index (χ0v) is 14.1. The average molecular weight is 353 g/mol. The van der Waals surface area contributed by atoms with Crippen LogP contribution in [0.5, 0.6) is 5.75 Å². The Morgan fingerprint density at radius 1 is 1.15 bits per heavy atom. The fraction of sp³-hybridized carbons (Fsp3) is 0.211. The molecule has 0 aliphatic carbocycles. The molecule has 0 spiro atoms. The molecule has 0 N–H and O–H groups in total. The van der Waals surface area contributed by atoms with Crippen LogP contribution in [0.3, 0.4) is 0 Å². The Bertz CT molecular complexity index is 922. The van der Waals surface area contributed by atoms with Gasteiger partial charge < -0.3 is 14.2 Å². The minimum atomic E-state index is -0.334. The number of anilines is 1. The summed E-state index contributed by atoms with van der Waals surface area (Å²) in [6.45, 7) is 0.437. The standard InChI is InChI=1S/C19H16FN3O3/c1-25-16-8-2-12(3-9-16)19-21-18(22-26-19)13-10-17(24)23(11-13)15-6-4-14(20)5-7-15/h2-9,13H,10-11H2,1H3. The van der Waals surface area contributed by atoms with Crippen molar-refractivity contribution in [3.8, 4) is 17.2 Å². The molecule has 1 aliphatic rings. The van der Waals surface area contributed by atoms with Crippen molar-refractivity contribution in [2.24, 2.45) is 0 Å². The molecule has 1 aliphatic heterocycles. The summed E-state index contributed by atoms with van der Waals surface area (Å²) in [4.78, 5) is 18.4. The van der Waals surface area contributed by atoms with E-state index in [0.29, 0.717) is 30.4 Å². The van der Waals surface area contributed by atoms with Gasteiger partial charge >= 0.3 is 0 Å². The number of carbonyl (C=O) groups excluding carboxylic acids is 1. The number of nitrogens with zero attached hydrogens (tertiary/aromatic N) is 3. The number of hydrogen-bond acceptors (Lipinski definition) is 5. The van der Waals surface area contributed by atoms with E-state index in [2.05, 4.69) is 10.1 Å². The third kappa shape index (κ3) is 3.03. The zero-order chi connectivity index (χ0) is 18.1. The minimum Gasteiger partial charge on any atom is -0.497 e. The van der Waals surface area contributed by atoms with Crippen LogP contribution >= 0.6 is 0 Å². The van der Waals surface area contributed by atoms with Crippen molar-refractivity contribution in [2.75, 3.05) is 18.6 Å².